The second-order valence-electron chi connectivity index (χ2n) is 8.19. The summed E-state index contributed by atoms with van der Waals surface area (Å²) in [6.07, 6.45) is 15.9. The van der Waals surface area contributed by atoms with Crippen LogP contribution in [0.3, 0.4) is 0 Å². The number of piperidine rings is 2. The van der Waals surface area contributed by atoms with E-state index in [9.17, 15) is 0 Å². The third kappa shape index (κ3) is 2.06. The molecule has 0 amide bonds. The Morgan fingerprint density at radius 2 is 1.96 bits per heavy atom. The SMILES string of the molecule is C1=CC2(N3CCSCC3)C=CC1(C1C3CCCN1C3c1cccnc1)O2. The van der Waals surface area contributed by atoms with Crippen LogP contribution in [-0.2, 0) is 4.74 Å². The first-order valence-corrected chi connectivity index (χ1v) is 11.1. The number of thioether (sulfide) groups is 1. The van der Waals surface area contributed by atoms with Crippen molar-refractivity contribution in [2.24, 2.45) is 5.92 Å². The zero-order valence-corrected chi connectivity index (χ0v) is 15.8. The number of ether oxygens (including phenoxy) is 1. The maximum Gasteiger partial charge on any atom is 0.162 e. The Balaban J connectivity index is 1.28. The molecule has 0 N–H and O–H groups in total. The van der Waals surface area contributed by atoms with E-state index >= 15 is 0 Å². The maximum atomic E-state index is 6.85. The molecule has 4 bridgehead atoms. The lowest BCUT2D eigenvalue weighted by molar-refractivity contribution is -0.201. The summed E-state index contributed by atoms with van der Waals surface area (Å²) in [5.41, 5.74) is 0.859. The fraction of sp³-hybridized carbons (Fsp3) is 0.571. The fourth-order valence-corrected chi connectivity index (χ4v) is 6.80. The molecular weight excluding hydrogens is 342 g/mol. The largest absolute Gasteiger partial charge is 0.337 e. The second-order valence-corrected chi connectivity index (χ2v) is 9.42. The van der Waals surface area contributed by atoms with Crippen LogP contribution in [0.2, 0.25) is 0 Å². The average molecular weight is 368 g/mol. The van der Waals surface area contributed by atoms with E-state index in [4.69, 9.17) is 4.74 Å². The van der Waals surface area contributed by atoms with Crippen molar-refractivity contribution in [3.63, 3.8) is 0 Å². The van der Waals surface area contributed by atoms with Gasteiger partial charge in [0.05, 0.1) is 6.04 Å². The van der Waals surface area contributed by atoms with Gasteiger partial charge in [-0.2, -0.15) is 11.8 Å². The van der Waals surface area contributed by atoms with Gasteiger partial charge in [0.25, 0.3) is 0 Å². The molecule has 1 aromatic rings. The number of nitrogens with zero attached hydrogens (tertiary/aromatic N) is 3. The first-order chi connectivity index (χ1) is 12.8. The molecule has 1 aromatic heterocycles. The molecule has 5 aliphatic heterocycles. The molecule has 26 heavy (non-hydrogen) atoms. The van der Waals surface area contributed by atoms with E-state index in [1.165, 1.54) is 36.5 Å². The summed E-state index contributed by atoms with van der Waals surface area (Å²) in [6, 6.07) is 5.29. The van der Waals surface area contributed by atoms with Crippen LogP contribution in [0, 0.1) is 5.92 Å². The first-order valence-electron chi connectivity index (χ1n) is 9.91. The van der Waals surface area contributed by atoms with Crippen molar-refractivity contribution in [2.45, 2.75) is 36.3 Å². The molecule has 5 heteroatoms. The quantitative estimate of drug-likeness (QED) is 0.766. The molecule has 4 nitrogen and oxygen atoms in total. The zero-order chi connectivity index (χ0) is 17.2. The van der Waals surface area contributed by atoms with Crippen LogP contribution in [0.25, 0.3) is 0 Å². The van der Waals surface area contributed by atoms with Gasteiger partial charge in [0.2, 0.25) is 0 Å². The highest BCUT2D eigenvalue weighted by Gasteiger charge is 2.64. The minimum absolute atomic E-state index is 0.228. The summed E-state index contributed by atoms with van der Waals surface area (Å²) in [5, 5.41) is 0. The number of pyridine rings is 1. The summed E-state index contributed by atoms with van der Waals surface area (Å²) < 4.78 is 6.85. The maximum absolute atomic E-state index is 6.85. The van der Waals surface area contributed by atoms with Crippen LogP contribution in [0.5, 0.6) is 0 Å². The highest BCUT2D eigenvalue weighted by atomic mass is 32.2. The van der Waals surface area contributed by atoms with E-state index in [0.717, 1.165) is 13.1 Å². The topological polar surface area (TPSA) is 28.6 Å². The molecule has 0 aromatic carbocycles. The molecule has 3 fully saturated rings. The van der Waals surface area contributed by atoms with Crippen molar-refractivity contribution < 1.29 is 4.74 Å². The first kappa shape index (κ1) is 15.9. The van der Waals surface area contributed by atoms with Gasteiger partial charge in [-0.15, -0.1) is 0 Å². The van der Waals surface area contributed by atoms with Gasteiger partial charge in [0, 0.05) is 43.0 Å². The summed E-state index contributed by atoms with van der Waals surface area (Å²) in [5.74, 6) is 3.08. The number of aromatic nitrogens is 1. The minimum atomic E-state index is -0.282. The summed E-state index contributed by atoms with van der Waals surface area (Å²) in [7, 11) is 0. The van der Waals surface area contributed by atoms with Gasteiger partial charge in [-0.25, -0.2) is 0 Å². The molecule has 4 atom stereocenters. The van der Waals surface area contributed by atoms with Crippen LogP contribution in [0.15, 0.2) is 48.8 Å². The Hall–Kier alpha value is -1.14. The Morgan fingerprint density at radius 1 is 1.12 bits per heavy atom. The molecule has 136 valence electrons. The molecule has 4 unspecified atom stereocenters. The van der Waals surface area contributed by atoms with Crippen LogP contribution in [0.1, 0.15) is 24.4 Å². The lowest BCUT2D eigenvalue weighted by atomic mass is 9.64. The van der Waals surface area contributed by atoms with Gasteiger partial charge in [-0.1, -0.05) is 6.07 Å². The number of hydrogen-bond acceptors (Lipinski definition) is 5. The highest BCUT2D eigenvalue weighted by molar-refractivity contribution is 7.99. The predicted molar refractivity (Wildman–Crippen MR) is 104 cm³/mol. The Morgan fingerprint density at radius 3 is 2.65 bits per heavy atom. The van der Waals surface area contributed by atoms with Crippen LogP contribution < -0.4 is 0 Å². The molecule has 3 saturated heterocycles. The smallest absolute Gasteiger partial charge is 0.162 e. The van der Waals surface area contributed by atoms with Crippen molar-refractivity contribution in [1.29, 1.82) is 0 Å². The van der Waals surface area contributed by atoms with Crippen LogP contribution in [-0.4, -0.2) is 63.3 Å². The van der Waals surface area contributed by atoms with Gasteiger partial charge in [0.15, 0.2) is 5.72 Å². The Kier molecular flexibility index (Phi) is 3.47. The van der Waals surface area contributed by atoms with E-state index in [-0.39, 0.29) is 11.3 Å². The fourth-order valence-electron chi connectivity index (χ4n) is 5.90. The molecule has 5 aliphatic rings. The van der Waals surface area contributed by atoms with E-state index in [0.29, 0.717) is 18.0 Å². The highest BCUT2D eigenvalue weighted by Crippen LogP contribution is 2.58. The van der Waals surface area contributed by atoms with Crippen molar-refractivity contribution in [3.8, 4) is 0 Å². The normalized spacial score (nSPS) is 46.5. The van der Waals surface area contributed by atoms with E-state index in [1.54, 1.807) is 0 Å². The molecule has 0 spiro atoms. The minimum Gasteiger partial charge on any atom is -0.337 e. The van der Waals surface area contributed by atoms with Crippen molar-refractivity contribution in [2.75, 3.05) is 31.1 Å². The number of rotatable bonds is 3. The van der Waals surface area contributed by atoms with E-state index in [1.807, 2.05) is 6.20 Å². The number of fused-ring (bicyclic) bond motifs is 5. The van der Waals surface area contributed by atoms with Crippen molar-refractivity contribution in [1.82, 2.24) is 14.8 Å². The third-order valence-corrected chi connectivity index (χ3v) is 7.92. The Bertz CT molecular complexity index is 732. The monoisotopic (exact) mass is 367 g/mol. The molecule has 6 heterocycles. The molecule has 0 saturated carbocycles. The van der Waals surface area contributed by atoms with E-state index in [2.05, 4.69) is 69.2 Å². The van der Waals surface area contributed by atoms with Crippen LogP contribution >= 0.6 is 11.8 Å². The van der Waals surface area contributed by atoms with Gasteiger partial charge < -0.3 is 4.74 Å². The summed E-state index contributed by atoms with van der Waals surface area (Å²) in [4.78, 5) is 9.56. The molecule has 0 aliphatic carbocycles. The molecular formula is C21H25N3OS. The van der Waals surface area contributed by atoms with Gasteiger partial charge in [-0.3, -0.25) is 14.8 Å². The standard InChI is InChI=1S/C21H25N3OS/c1-3-16(15-22-9-1)18-17-4-2-10-24(18)19(17)20-5-7-21(25-20,8-6-20)23-11-13-26-14-12-23/h1,3,5-9,15,17-19H,2,4,10-14H2. The predicted octanol–water partition coefficient (Wildman–Crippen LogP) is 2.86. The number of hydrogen-bond donors (Lipinski definition) is 0. The van der Waals surface area contributed by atoms with Gasteiger partial charge in [0.1, 0.15) is 5.60 Å². The lowest BCUT2D eigenvalue weighted by Gasteiger charge is -2.63. The summed E-state index contributed by atoms with van der Waals surface area (Å²) >= 11 is 2.05. The molecule has 6 rings (SSSR count). The zero-order valence-electron chi connectivity index (χ0n) is 15.0. The van der Waals surface area contributed by atoms with Crippen molar-refractivity contribution in [3.05, 3.63) is 54.4 Å². The Labute approximate surface area is 159 Å². The van der Waals surface area contributed by atoms with Crippen LogP contribution in [0.4, 0.5) is 0 Å². The van der Waals surface area contributed by atoms with Crippen molar-refractivity contribution >= 4 is 11.8 Å². The summed E-state index contributed by atoms with van der Waals surface area (Å²) in [6.45, 7) is 3.40. The third-order valence-electron chi connectivity index (χ3n) is 6.98. The van der Waals surface area contributed by atoms with Gasteiger partial charge >= 0.3 is 0 Å². The lowest BCUT2D eigenvalue weighted by Crippen LogP contribution is -2.69. The van der Waals surface area contributed by atoms with Gasteiger partial charge in [-0.05, 0) is 61.2 Å². The average Bonchev–Trinajstić information content (AvgIpc) is 3.28. The second kappa shape index (κ2) is 5.68. The molecule has 0 radical (unpaired) electrons. The van der Waals surface area contributed by atoms with E-state index < -0.39 is 0 Å².